The number of hydrogen-bond acceptors (Lipinski definition) is 7. The van der Waals surface area contributed by atoms with Crippen molar-refractivity contribution in [2.75, 3.05) is 17.1 Å². The summed E-state index contributed by atoms with van der Waals surface area (Å²) in [5.74, 6) is -0.393. The molecule has 27 heavy (non-hydrogen) atoms. The van der Waals surface area contributed by atoms with E-state index < -0.39 is 15.9 Å². The first-order chi connectivity index (χ1) is 13.0. The summed E-state index contributed by atoms with van der Waals surface area (Å²) < 4.78 is 32.2. The van der Waals surface area contributed by atoms with E-state index in [2.05, 4.69) is 20.2 Å². The fourth-order valence-electron chi connectivity index (χ4n) is 2.22. The van der Waals surface area contributed by atoms with Crippen LogP contribution in [0.15, 0.2) is 58.9 Å². The molecule has 1 aromatic heterocycles. The summed E-state index contributed by atoms with van der Waals surface area (Å²) >= 11 is 0.767. The molecular weight excluding hydrogens is 388 g/mol. The lowest BCUT2D eigenvalue weighted by atomic mass is 10.2. The van der Waals surface area contributed by atoms with Crippen LogP contribution in [-0.2, 0) is 21.4 Å². The topological polar surface area (TPSA) is 110 Å². The van der Waals surface area contributed by atoms with E-state index >= 15 is 0 Å². The van der Waals surface area contributed by atoms with Crippen LogP contribution in [0, 0.1) is 0 Å². The van der Waals surface area contributed by atoms with Crippen LogP contribution in [0.4, 0.5) is 10.8 Å². The van der Waals surface area contributed by atoms with Crippen molar-refractivity contribution >= 4 is 38.1 Å². The average Bonchev–Trinajstić information content (AvgIpc) is 3.12. The molecule has 0 aliphatic carbocycles. The first-order valence-electron chi connectivity index (χ1n) is 7.78. The number of methoxy groups -OCH3 is 1. The van der Waals surface area contributed by atoms with Crippen molar-refractivity contribution in [2.24, 2.45) is 0 Å². The van der Waals surface area contributed by atoms with Gasteiger partial charge in [-0.1, -0.05) is 41.7 Å². The van der Waals surface area contributed by atoms with E-state index in [0.29, 0.717) is 17.9 Å². The molecule has 2 N–H and O–H groups in total. The van der Waals surface area contributed by atoms with Crippen molar-refractivity contribution < 1.29 is 17.9 Å². The quantitative estimate of drug-likeness (QED) is 0.586. The number of ether oxygens (including phenoxy) is 1. The monoisotopic (exact) mass is 404 g/mol. The number of aromatic nitrogens is 2. The van der Waals surface area contributed by atoms with Gasteiger partial charge in [-0.3, -0.25) is 14.8 Å². The van der Waals surface area contributed by atoms with Gasteiger partial charge in [-0.2, -0.15) is 8.42 Å². The highest BCUT2D eigenvalue weighted by atomic mass is 32.2. The standard InChI is InChI=1S/C17H16N4O4S2/c1-25-11-12-6-5-9-14(10-12)21-27(23,24)17-20-19-16(26-17)18-15(22)13-7-3-2-4-8-13/h2-10,21H,11H2,1H3,(H,18,19,22). The molecule has 0 bridgehead atoms. The molecule has 0 aliphatic heterocycles. The summed E-state index contributed by atoms with van der Waals surface area (Å²) in [6.07, 6.45) is 0. The number of carbonyl (C=O) groups excluding carboxylic acids is 1. The van der Waals surface area contributed by atoms with E-state index in [9.17, 15) is 13.2 Å². The van der Waals surface area contributed by atoms with Gasteiger partial charge in [0, 0.05) is 18.4 Å². The minimum Gasteiger partial charge on any atom is -0.380 e. The first kappa shape index (κ1) is 19.0. The fourth-order valence-corrected chi connectivity index (χ4v) is 4.16. The summed E-state index contributed by atoms with van der Waals surface area (Å²) in [7, 11) is -2.36. The summed E-state index contributed by atoms with van der Waals surface area (Å²) in [5.41, 5.74) is 1.64. The summed E-state index contributed by atoms with van der Waals surface area (Å²) in [6, 6.07) is 15.4. The Bertz CT molecular complexity index is 1040. The average molecular weight is 404 g/mol. The van der Waals surface area contributed by atoms with Crippen LogP contribution in [-0.4, -0.2) is 31.6 Å². The molecule has 1 amide bonds. The zero-order valence-corrected chi connectivity index (χ0v) is 15.9. The van der Waals surface area contributed by atoms with Gasteiger partial charge in [0.2, 0.25) is 5.13 Å². The highest BCUT2D eigenvalue weighted by Gasteiger charge is 2.21. The molecule has 0 radical (unpaired) electrons. The number of sulfonamides is 1. The van der Waals surface area contributed by atoms with Crippen LogP contribution in [0.5, 0.6) is 0 Å². The third-order valence-electron chi connectivity index (χ3n) is 3.38. The van der Waals surface area contributed by atoms with Crippen LogP contribution in [0.3, 0.4) is 0 Å². The Morgan fingerprint density at radius 3 is 2.63 bits per heavy atom. The number of benzene rings is 2. The number of amides is 1. The lowest BCUT2D eigenvalue weighted by Gasteiger charge is -2.07. The maximum Gasteiger partial charge on any atom is 0.291 e. The Morgan fingerprint density at radius 2 is 1.89 bits per heavy atom. The van der Waals surface area contributed by atoms with Crippen LogP contribution in [0.1, 0.15) is 15.9 Å². The van der Waals surface area contributed by atoms with Crippen molar-refractivity contribution in [3.05, 3.63) is 65.7 Å². The summed E-state index contributed by atoms with van der Waals surface area (Å²) in [4.78, 5) is 12.1. The molecule has 0 saturated carbocycles. The third kappa shape index (κ3) is 4.88. The Kier molecular flexibility index (Phi) is 5.79. The van der Waals surface area contributed by atoms with E-state index in [-0.39, 0.29) is 9.47 Å². The zero-order valence-electron chi connectivity index (χ0n) is 14.2. The second kappa shape index (κ2) is 8.25. The van der Waals surface area contributed by atoms with Crippen LogP contribution >= 0.6 is 11.3 Å². The largest absolute Gasteiger partial charge is 0.380 e. The predicted octanol–water partition coefficient (Wildman–Crippen LogP) is 2.74. The number of carbonyl (C=O) groups is 1. The second-order valence-corrected chi connectivity index (χ2v) is 8.27. The Balaban J connectivity index is 1.73. The maximum absolute atomic E-state index is 12.5. The van der Waals surface area contributed by atoms with Gasteiger partial charge in [-0.25, -0.2) is 0 Å². The molecule has 0 aliphatic rings. The molecule has 8 nitrogen and oxygen atoms in total. The molecule has 2 aromatic carbocycles. The number of anilines is 2. The molecule has 0 atom stereocenters. The van der Waals surface area contributed by atoms with Crippen LogP contribution in [0.25, 0.3) is 0 Å². The Hall–Kier alpha value is -2.82. The number of nitrogens with zero attached hydrogens (tertiary/aromatic N) is 2. The van der Waals surface area contributed by atoms with Gasteiger partial charge in [-0.15, -0.1) is 10.2 Å². The summed E-state index contributed by atoms with van der Waals surface area (Å²) in [6.45, 7) is 0.365. The van der Waals surface area contributed by atoms with E-state index in [1.54, 1.807) is 55.6 Å². The molecule has 3 rings (SSSR count). The highest BCUT2D eigenvalue weighted by Crippen LogP contribution is 2.23. The third-order valence-corrected chi connectivity index (χ3v) is 5.97. The molecule has 1 heterocycles. The van der Waals surface area contributed by atoms with Gasteiger partial charge in [0.1, 0.15) is 0 Å². The van der Waals surface area contributed by atoms with Crippen LogP contribution < -0.4 is 10.0 Å². The van der Waals surface area contributed by atoms with Crippen molar-refractivity contribution in [1.82, 2.24) is 10.2 Å². The predicted molar refractivity (Wildman–Crippen MR) is 102 cm³/mol. The molecule has 0 saturated heterocycles. The smallest absolute Gasteiger partial charge is 0.291 e. The molecule has 140 valence electrons. The van der Waals surface area contributed by atoms with Crippen molar-refractivity contribution in [3.63, 3.8) is 0 Å². The van der Waals surface area contributed by atoms with Crippen molar-refractivity contribution in [2.45, 2.75) is 10.9 Å². The number of rotatable bonds is 7. The molecule has 3 aromatic rings. The first-order valence-corrected chi connectivity index (χ1v) is 10.1. The van der Waals surface area contributed by atoms with E-state index in [4.69, 9.17) is 4.74 Å². The van der Waals surface area contributed by atoms with Crippen molar-refractivity contribution in [1.29, 1.82) is 0 Å². The maximum atomic E-state index is 12.5. The fraction of sp³-hybridized carbons (Fsp3) is 0.118. The van der Waals surface area contributed by atoms with Gasteiger partial charge < -0.3 is 4.74 Å². The minimum absolute atomic E-state index is 0.0948. The number of hydrogen-bond donors (Lipinski definition) is 2. The molecule has 0 fully saturated rings. The lowest BCUT2D eigenvalue weighted by molar-refractivity contribution is 0.102. The normalized spacial score (nSPS) is 11.1. The lowest BCUT2D eigenvalue weighted by Crippen LogP contribution is -2.13. The van der Waals surface area contributed by atoms with Gasteiger partial charge in [0.25, 0.3) is 20.3 Å². The Morgan fingerprint density at radius 1 is 1.11 bits per heavy atom. The van der Waals surface area contributed by atoms with E-state index in [0.717, 1.165) is 16.9 Å². The second-order valence-electron chi connectivity index (χ2n) is 5.43. The van der Waals surface area contributed by atoms with Crippen molar-refractivity contribution in [3.8, 4) is 0 Å². The van der Waals surface area contributed by atoms with Gasteiger partial charge in [0.15, 0.2) is 0 Å². The molecule has 10 heteroatoms. The minimum atomic E-state index is -3.92. The zero-order chi connectivity index (χ0) is 19.3. The van der Waals surface area contributed by atoms with E-state index in [1.807, 2.05) is 6.07 Å². The van der Waals surface area contributed by atoms with Gasteiger partial charge in [0.05, 0.1) is 6.61 Å². The molecule has 0 unspecified atom stereocenters. The van der Waals surface area contributed by atoms with Crippen LogP contribution in [0.2, 0.25) is 0 Å². The molecular formula is C17H16N4O4S2. The summed E-state index contributed by atoms with van der Waals surface area (Å²) in [5, 5.41) is 10.0. The van der Waals surface area contributed by atoms with Gasteiger partial charge in [-0.05, 0) is 29.8 Å². The Labute approximate surface area is 160 Å². The van der Waals surface area contributed by atoms with Gasteiger partial charge >= 0.3 is 0 Å². The van der Waals surface area contributed by atoms with E-state index in [1.165, 1.54) is 0 Å². The SMILES string of the molecule is COCc1cccc(NS(=O)(=O)c2nnc(NC(=O)c3ccccc3)s2)c1. The highest BCUT2D eigenvalue weighted by molar-refractivity contribution is 7.94. The molecule has 0 spiro atoms. The number of nitrogens with one attached hydrogen (secondary N) is 2.